The average Bonchev–Trinajstić information content (AvgIpc) is 1.86. The maximum atomic E-state index is 12.3. The predicted octanol–water partition coefficient (Wildman–Crippen LogP) is 2.11. The summed E-state index contributed by atoms with van der Waals surface area (Å²) in [6, 6.07) is 5.86. The molecule has 0 unspecified atom stereocenters. The van der Waals surface area contributed by atoms with Crippen LogP contribution in [0.4, 0.5) is 7.77 Å². The molecular weight excluding hydrogens is 174 g/mol. The van der Waals surface area contributed by atoms with E-state index in [4.69, 9.17) is 4.55 Å². The van der Waals surface area contributed by atoms with E-state index in [9.17, 15) is 12.0 Å². The Morgan fingerprint density at radius 2 is 1.64 bits per heavy atom. The molecule has 62 valence electrons. The molecule has 0 spiro atoms. The lowest BCUT2D eigenvalue weighted by Gasteiger charge is -2.22. The van der Waals surface area contributed by atoms with Crippen LogP contribution in [0.3, 0.4) is 0 Å². The maximum Gasteiger partial charge on any atom is 0.116 e. The van der Waals surface area contributed by atoms with Gasteiger partial charge in [-0.1, -0.05) is 26.0 Å². The van der Waals surface area contributed by atoms with Crippen molar-refractivity contribution in [3.8, 4) is 0 Å². The third kappa shape index (κ3) is 2.06. The van der Waals surface area contributed by atoms with Gasteiger partial charge in [-0.3, -0.25) is 4.55 Å². The second-order valence-corrected chi connectivity index (χ2v) is 3.96. The minimum Gasteiger partial charge on any atom is -0.251 e. The Bertz CT molecular complexity index is 306. The number of hydrogen-bond donors (Lipinski definition) is 1. The molecule has 1 N–H and O–H groups in total. The summed E-state index contributed by atoms with van der Waals surface area (Å²) in [5.74, 6) is 0. The lowest BCUT2D eigenvalue weighted by molar-refractivity contribution is 0.395. The van der Waals surface area contributed by atoms with Gasteiger partial charge in [-0.05, 0) is 12.1 Å². The van der Waals surface area contributed by atoms with Crippen molar-refractivity contribution in [2.45, 2.75) is 4.90 Å². The highest BCUT2D eigenvalue weighted by Crippen LogP contribution is 2.34. The summed E-state index contributed by atoms with van der Waals surface area (Å²) in [5.41, 5.74) is 0. The van der Waals surface area contributed by atoms with Crippen molar-refractivity contribution in [1.82, 2.24) is 0 Å². The molecular formula is C6H6F2O2S. The summed E-state index contributed by atoms with van der Waals surface area (Å²) >= 11 is 0. The molecule has 1 aromatic rings. The van der Waals surface area contributed by atoms with E-state index in [1.54, 1.807) is 0 Å². The topological polar surface area (TPSA) is 37.3 Å². The van der Waals surface area contributed by atoms with Crippen molar-refractivity contribution >= 4 is 10.1 Å². The number of rotatable bonds is 1. The Morgan fingerprint density at radius 3 is 1.91 bits per heavy atom. The number of hydrogen-bond acceptors (Lipinski definition) is 1. The van der Waals surface area contributed by atoms with E-state index in [0.717, 1.165) is 12.1 Å². The third-order valence-corrected chi connectivity index (χ3v) is 2.15. The molecule has 0 aliphatic heterocycles. The fourth-order valence-corrected chi connectivity index (χ4v) is 1.24. The number of halogens is 2. The molecule has 1 aromatic carbocycles. The molecule has 0 fully saturated rings. The van der Waals surface area contributed by atoms with Gasteiger partial charge in [0.2, 0.25) is 0 Å². The van der Waals surface area contributed by atoms with Crippen LogP contribution >= 0.6 is 0 Å². The molecule has 0 bridgehead atoms. The third-order valence-electron chi connectivity index (χ3n) is 1.12. The fraction of sp³-hybridized carbons (Fsp3) is 0. The first-order valence-electron chi connectivity index (χ1n) is 2.77. The van der Waals surface area contributed by atoms with E-state index in [2.05, 4.69) is 0 Å². The SMILES string of the molecule is O=S(O)(F)(F)c1ccccc1. The standard InChI is InChI=1S/C6H6F2O2S/c7-11(8,9,10)6-4-2-1-3-5-6/h1-5H,(H,9,10). The molecule has 0 saturated heterocycles. The van der Waals surface area contributed by atoms with Crippen LogP contribution in [0.5, 0.6) is 0 Å². The van der Waals surface area contributed by atoms with Gasteiger partial charge in [0.25, 0.3) is 0 Å². The van der Waals surface area contributed by atoms with Crippen LogP contribution in [-0.2, 0) is 10.1 Å². The van der Waals surface area contributed by atoms with Crippen LogP contribution in [0, 0.1) is 0 Å². The van der Waals surface area contributed by atoms with Crippen molar-refractivity contribution in [1.29, 1.82) is 0 Å². The normalized spacial score (nSPS) is 15.4. The Kier molecular flexibility index (Phi) is 1.57. The Balaban J connectivity index is 3.26. The molecule has 2 nitrogen and oxygen atoms in total. The van der Waals surface area contributed by atoms with Gasteiger partial charge in [0.05, 0.1) is 10.1 Å². The van der Waals surface area contributed by atoms with E-state index in [1.165, 1.54) is 18.2 Å². The van der Waals surface area contributed by atoms with Gasteiger partial charge >= 0.3 is 0 Å². The highest BCUT2D eigenvalue weighted by atomic mass is 32.4. The van der Waals surface area contributed by atoms with Gasteiger partial charge < -0.3 is 0 Å². The molecule has 0 aliphatic rings. The quantitative estimate of drug-likeness (QED) is 0.672. The van der Waals surface area contributed by atoms with Crippen molar-refractivity contribution in [2.24, 2.45) is 0 Å². The highest BCUT2D eigenvalue weighted by Gasteiger charge is 2.26. The monoisotopic (exact) mass is 180 g/mol. The van der Waals surface area contributed by atoms with E-state index in [1.807, 2.05) is 0 Å². The van der Waals surface area contributed by atoms with E-state index >= 15 is 0 Å². The van der Waals surface area contributed by atoms with Crippen LogP contribution in [0.1, 0.15) is 0 Å². The minimum absolute atomic E-state index is 0.843. The highest BCUT2D eigenvalue weighted by molar-refractivity contribution is 8.06. The van der Waals surface area contributed by atoms with Crippen LogP contribution < -0.4 is 0 Å². The molecule has 0 radical (unpaired) electrons. The Labute approximate surface area is 62.7 Å². The molecule has 0 saturated carbocycles. The van der Waals surface area contributed by atoms with Crippen molar-refractivity contribution in [2.75, 3.05) is 0 Å². The van der Waals surface area contributed by atoms with Crippen LogP contribution in [0.25, 0.3) is 0 Å². The van der Waals surface area contributed by atoms with Gasteiger partial charge in [-0.15, -0.1) is 4.21 Å². The maximum absolute atomic E-state index is 12.3. The van der Waals surface area contributed by atoms with Crippen LogP contribution in [0.15, 0.2) is 35.2 Å². The Hall–Kier alpha value is -0.810. The summed E-state index contributed by atoms with van der Waals surface area (Å²) in [6.45, 7) is 0. The van der Waals surface area contributed by atoms with E-state index < -0.39 is 15.0 Å². The first-order valence-corrected chi connectivity index (χ1v) is 4.50. The lowest BCUT2D eigenvalue weighted by Crippen LogP contribution is -2.17. The zero-order valence-corrected chi connectivity index (χ0v) is 6.22. The largest absolute Gasteiger partial charge is 0.251 e. The molecule has 0 aromatic heterocycles. The second kappa shape index (κ2) is 2.09. The van der Waals surface area contributed by atoms with Crippen LogP contribution in [0.2, 0.25) is 0 Å². The van der Waals surface area contributed by atoms with Gasteiger partial charge in [-0.25, -0.2) is 0 Å². The second-order valence-electron chi connectivity index (χ2n) is 2.04. The van der Waals surface area contributed by atoms with Crippen LogP contribution in [-0.4, -0.2) is 8.76 Å². The molecule has 5 heteroatoms. The molecule has 1 rings (SSSR count). The summed E-state index contributed by atoms with van der Waals surface area (Å²) in [4.78, 5) is -0.843. The smallest absolute Gasteiger partial charge is 0.116 e. The number of benzene rings is 1. The van der Waals surface area contributed by atoms with Crippen molar-refractivity contribution in [3.63, 3.8) is 0 Å². The van der Waals surface area contributed by atoms with Gasteiger partial charge in [0.15, 0.2) is 0 Å². The molecule has 0 heterocycles. The summed E-state index contributed by atoms with van der Waals surface area (Å²) < 4.78 is 42.9. The molecule has 0 amide bonds. The fourth-order valence-electron chi connectivity index (χ4n) is 0.640. The zero-order valence-electron chi connectivity index (χ0n) is 5.41. The van der Waals surface area contributed by atoms with E-state index in [-0.39, 0.29) is 0 Å². The Morgan fingerprint density at radius 1 is 1.18 bits per heavy atom. The predicted molar refractivity (Wildman–Crippen MR) is 37.7 cm³/mol. The summed E-state index contributed by atoms with van der Waals surface area (Å²) in [7, 11) is -6.51. The van der Waals surface area contributed by atoms with Crippen molar-refractivity contribution < 1.29 is 16.5 Å². The summed E-state index contributed by atoms with van der Waals surface area (Å²) in [5, 5.41) is 0. The molecule has 0 atom stereocenters. The lowest BCUT2D eigenvalue weighted by atomic mass is 10.4. The first kappa shape index (κ1) is 8.29. The van der Waals surface area contributed by atoms with Gasteiger partial charge in [-0.2, -0.15) is 0 Å². The first-order chi connectivity index (χ1) is 4.86. The minimum atomic E-state index is -6.51. The van der Waals surface area contributed by atoms with E-state index in [0.29, 0.717) is 0 Å². The molecule has 11 heavy (non-hydrogen) atoms. The van der Waals surface area contributed by atoms with Gasteiger partial charge in [0.1, 0.15) is 4.90 Å². The zero-order chi connectivity index (χ0) is 8.56. The molecule has 0 aliphatic carbocycles. The van der Waals surface area contributed by atoms with Crippen molar-refractivity contribution in [3.05, 3.63) is 30.3 Å². The summed E-state index contributed by atoms with van der Waals surface area (Å²) in [6.07, 6.45) is 0. The average molecular weight is 180 g/mol. The van der Waals surface area contributed by atoms with Gasteiger partial charge in [0, 0.05) is 0 Å².